The summed E-state index contributed by atoms with van der Waals surface area (Å²) in [5.74, 6) is 1.80. The fraction of sp³-hybridized carbons (Fsp3) is 0.267. The molecule has 1 aromatic carbocycles. The highest BCUT2D eigenvalue weighted by atomic mass is 16.5. The summed E-state index contributed by atoms with van der Waals surface area (Å²) in [5.41, 5.74) is 0. The number of amides is 1. The van der Waals surface area contributed by atoms with Crippen LogP contribution >= 0.6 is 0 Å². The number of aliphatic hydroxyl groups is 1. The van der Waals surface area contributed by atoms with E-state index in [1.54, 1.807) is 43.5 Å². The predicted molar refractivity (Wildman–Crippen MR) is 75.5 cm³/mol. The molecule has 0 aliphatic rings. The number of hydrogen-bond donors (Lipinski definition) is 2. The summed E-state index contributed by atoms with van der Waals surface area (Å²) >= 11 is 0. The predicted octanol–water partition coefficient (Wildman–Crippen LogP) is 1.59. The van der Waals surface area contributed by atoms with E-state index in [1.165, 1.54) is 0 Å². The summed E-state index contributed by atoms with van der Waals surface area (Å²) in [6.45, 7) is 0.302. The van der Waals surface area contributed by atoms with E-state index < -0.39 is 0 Å². The van der Waals surface area contributed by atoms with Gasteiger partial charge in [-0.1, -0.05) is 0 Å². The smallest absolute Gasteiger partial charge is 0.287 e. The third kappa shape index (κ3) is 4.25. The minimum Gasteiger partial charge on any atom is -0.497 e. The minimum atomic E-state index is -0.361. The maximum Gasteiger partial charge on any atom is 0.287 e. The number of furan rings is 1. The van der Waals surface area contributed by atoms with Crippen LogP contribution in [0, 0.1) is 0 Å². The Morgan fingerprint density at radius 1 is 1.19 bits per heavy atom. The Bertz CT molecular complexity index is 576. The Morgan fingerprint density at radius 2 is 1.90 bits per heavy atom. The first-order valence-corrected chi connectivity index (χ1v) is 6.47. The molecule has 0 saturated heterocycles. The first kappa shape index (κ1) is 14.9. The van der Waals surface area contributed by atoms with Crippen molar-refractivity contribution in [3.8, 4) is 11.5 Å². The van der Waals surface area contributed by atoms with Gasteiger partial charge in [0, 0.05) is 6.54 Å². The molecule has 2 N–H and O–H groups in total. The quantitative estimate of drug-likeness (QED) is 0.809. The van der Waals surface area contributed by atoms with Crippen LogP contribution < -0.4 is 14.8 Å². The zero-order valence-corrected chi connectivity index (χ0v) is 11.7. The summed E-state index contributed by atoms with van der Waals surface area (Å²) in [5, 5.41) is 11.2. The molecule has 6 nitrogen and oxygen atoms in total. The van der Waals surface area contributed by atoms with Crippen LogP contribution in [0.1, 0.15) is 16.3 Å². The lowest BCUT2D eigenvalue weighted by molar-refractivity contribution is 0.0913. The zero-order valence-electron chi connectivity index (χ0n) is 11.7. The fourth-order valence-corrected chi connectivity index (χ4v) is 1.66. The van der Waals surface area contributed by atoms with Crippen molar-refractivity contribution in [3.05, 3.63) is 47.9 Å². The van der Waals surface area contributed by atoms with E-state index in [0.717, 1.165) is 5.75 Å². The molecule has 0 fully saturated rings. The van der Waals surface area contributed by atoms with Crippen molar-refractivity contribution in [1.29, 1.82) is 0 Å². The third-order valence-electron chi connectivity index (χ3n) is 2.72. The number of methoxy groups -OCH3 is 1. The molecular weight excluding hydrogens is 274 g/mol. The summed E-state index contributed by atoms with van der Waals surface area (Å²) < 4.78 is 16.0. The van der Waals surface area contributed by atoms with Crippen molar-refractivity contribution in [2.75, 3.05) is 20.3 Å². The van der Waals surface area contributed by atoms with Gasteiger partial charge in [-0.25, -0.2) is 0 Å². The van der Waals surface area contributed by atoms with Crippen molar-refractivity contribution in [1.82, 2.24) is 5.32 Å². The van der Waals surface area contributed by atoms with Crippen LogP contribution in [0.4, 0.5) is 0 Å². The molecule has 1 heterocycles. The standard InChI is InChI=1S/C15H17NO5/c1-19-11-2-4-12(5-3-11)20-10-13-6-7-14(21-13)15(18)16-8-9-17/h2-7,17H,8-10H2,1H3,(H,16,18). The Balaban J connectivity index is 1.88. The average Bonchev–Trinajstić information content (AvgIpc) is 3.00. The van der Waals surface area contributed by atoms with Gasteiger partial charge in [-0.2, -0.15) is 0 Å². The molecule has 112 valence electrons. The molecular formula is C15H17NO5. The molecule has 0 saturated carbocycles. The number of nitrogens with one attached hydrogen (secondary N) is 1. The van der Waals surface area contributed by atoms with Crippen LogP contribution in [-0.2, 0) is 6.61 Å². The lowest BCUT2D eigenvalue weighted by Crippen LogP contribution is -2.25. The maximum absolute atomic E-state index is 11.6. The third-order valence-corrected chi connectivity index (χ3v) is 2.72. The second kappa shape index (κ2) is 7.35. The lowest BCUT2D eigenvalue weighted by Gasteiger charge is -2.05. The number of aliphatic hydroxyl groups excluding tert-OH is 1. The normalized spacial score (nSPS) is 10.2. The molecule has 0 bridgehead atoms. The number of rotatable bonds is 7. The topological polar surface area (TPSA) is 80.9 Å². The molecule has 2 rings (SSSR count). The summed E-state index contributed by atoms with van der Waals surface area (Å²) in [7, 11) is 1.60. The van der Waals surface area contributed by atoms with Crippen LogP contribution in [0.2, 0.25) is 0 Å². The largest absolute Gasteiger partial charge is 0.497 e. The number of benzene rings is 1. The van der Waals surface area contributed by atoms with Crippen molar-refractivity contribution in [3.63, 3.8) is 0 Å². The SMILES string of the molecule is COc1ccc(OCc2ccc(C(=O)NCCO)o2)cc1. The summed E-state index contributed by atoms with van der Waals surface area (Å²) in [6.07, 6.45) is 0. The van der Waals surface area contributed by atoms with Gasteiger partial charge in [-0.3, -0.25) is 4.79 Å². The fourth-order valence-electron chi connectivity index (χ4n) is 1.66. The molecule has 0 unspecified atom stereocenters. The Labute approximate surface area is 122 Å². The Kier molecular flexibility index (Phi) is 5.22. The van der Waals surface area contributed by atoms with Gasteiger partial charge >= 0.3 is 0 Å². The molecule has 0 aliphatic heterocycles. The number of hydrogen-bond acceptors (Lipinski definition) is 5. The van der Waals surface area contributed by atoms with Gasteiger partial charge in [-0.15, -0.1) is 0 Å². The van der Waals surface area contributed by atoms with E-state index in [-0.39, 0.29) is 31.4 Å². The highest BCUT2D eigenvalue weighted by Gasteiger charge is 2.10. The molecule has 6 heteroatoms. The maximum atomic E-state index is 11.6. The minimum absolute atomic E-state index is 0.111. The van der Waals surface area contributed by atoms with Crippen LogP contribution in [0.5, 0.6) is 11.5 Å². The number of carbonyl (C=O) groups is 1. The molecule has 0 spiro atoms. The van der Waals surface area contributed by atoms with Gasteiger partial charge in [0.05, 0.1) is 13.7 Å². The van der Waals surface area contributed by atoms with Crippen molar-refractivity contribution in [2.24, 2.45) is 0 Å². The van der Waals surface area contributed by atoms with Gasteiger partial charge in [0.2, 0.25) is 0 Å². The summed E-state index contributed by atoms with van der Waals surface area (Å²) in [4.78, 5) is 11.6. The number of carbonyl (C=O) groups excluding carboxylic acids is 1. The van der Waals surface area contributed by atoms with E-state index in [0.29, 0.717) is 11.5 Å². The first-order chi connectivity index (χ1) is 10.2. The molecule has 0 atom stereocenters. The van der Waals surface area contributed by atoms with Gasteiger partial charge < -0.3 is 24.3 Å². The molecule has 1 amide bonds. The highest BCUT2D eigenvalue weighted by Crippen LogP contribution is 2.18. The van der Waals surface area contributed by atoms with Gasteiger partial charge in [0.25, 0.3) is 5.91 Å². The average molecular weight is 291 g/mol. The van der Waals surface area contributed by atoms with Crippen molar-refractivity contribution in [2.45, 2.75) is 6.61 Å². The van der Waals surface area contributed by atoms with E-state index in [9.17, 15) is 4.79 Å². The monoisotopic (exact) mass is 291 g/mol. The molecule has 1 aromatic heterocycles. The van der Waals surface area contributed by atoms with E-state index in [1.807, 2.05) is 0 Å². The Morgan fingerprint density at radius 3 is 2.57 bits per heavy atom. The molecule has 2 aromatic rings. The Hall–Kier alpha value is -2.47. The first-order valence-electron chi connectivity index (χ1n) is 6.47. The molecule has 21 heavy (non-hydrogen) atoms. The van der Waals surface area contributed by atoms with Crippen LogP contribution in [0.25, 0.3) is 0 Å². The zero-order chi connectivity index (χ0) is 15.1. The van der Waals surface area contributed by atoms with Crippen LogP contribution in [0.15, 0.2) is 40.8 Å². The lowest BCUT2D eigenvalue weighted by atomic mass is 10.3. The molecule has 0 aliphatic carbocycles. The van der Waals surface area contributed by atoms with Gasteiger partial charge in [0.15, 0.2) is 5.76 Å². The van der Waals surface area contributed by atoms with E-state index in [2.05, 4.69) is 5.32 Å². The van der Waals surface area contributed by atoms with E-state index >= 15 is 0 Å². The van der Waals surface area contributed by atoms with E-state index in [4.69, 9.17) is 19.0 Å². The number of ether oxygens (including phenoxy) is 2. The van der Waals surface area contributed by atoms with Gasteiger partial charge in [0.1, 0.15) is 23.9 Å². The van der Waals surface area contributed by atoms with Gasteiger partial charge in [-0.05, 0) is 36.4 Å². The summed E-state index contributed by atoms with van der Waals surface area (Å²) in [6, 6.07) is 10.4. The van der Waals surface area contributed by atoms with Crippen molar-refractivity contribution < 1.29 is 23.8 Å². The second-order valence-corrected chi connectivity index (χ2v) is 4.21. The highest BCUT2D eigenvalue weighted by molar-refractivity contribution is 5.91. The van der Waals surface area contributed by atoms with Crippen molar-refractivity contribution >= 4 is 5.91 Å². The molecule has 0 radical (unpaired) electrons. The van der Waals surface area contributed by atoms with Crippen LogP contribution in [0.3, 0.4) is 0 Å². The van der Waals surface area contributed by atoms with Crippen LogP contribution in [-0.4, -0.2) is 31.3 Å². The second-order valence-electron chi connectivity index (χ2n) is 4.21.